The van der Waals surface area contributed by atoms with Crippen molar-refractivity contribution >= 4 is 0 Å². The Morgan fingerprint density at radius 3 is 2.55 bits per heavy atom. The summed E-state index contributed by atoms with van der Waals surface area (Å²) in [6, 6.07) is 8.42. The maximum absolute atomic E-state index is 3.78. The quantitative estimate of drug-likeness (QED) is 0.712. The lowest BCUT2D eigenvalue weighted by Crippen LogP contribution is -2.28. The first-order chi connectivity index (χ1) is 9.65. The summed E-state index contributed by atoms with van der Waals surface area (Å²) in [5.41, 5.74) is 4.71. The summed E-state index contributed by atoms with van der Waals surface area (Å²) in [7, 11) is 0. The monoisotopic (exact) mass is 273 g/mol. The van der Waals surface area contributed by atoms with Gasteiger partial charge in [-0.25, -0.2) is 0 Å². The lowest BCUT2D eigenvalue weighted by molar-refractivity contribution is 0.445. The third kappa shape index (κ3) is 3.63. The fourth-order valence-corrected chi connectivity index (χ4v) is 3.57. The van der Waals surface area contributed by atoms with E-state index in [0.29, 0.717) is 12.1 Å². The zero-order chi connectivity index (χ0) is 14.5. The van der Waals surface area contributed by atoms with Crippen molar-refractivity contribution in [2.24, 2.45) is 0 Å². The van der Waals surface area contributed by atoms with Crippen LogP contribution in [0.1, 0.15) is 88.4 Å². The van der Waals surface area contributed by atoms with Crippen molar-refractivity contribution in [3.63, 3.8) is 0 Å². The molecule has 0 amide bonds. The molecule has 1 N–H and O–H groups in total. The van der Waals surface area contributed by atoms with Crippen LogP contribution in [0.4, 0.5) is 0 Å². The lowest BCUT2D eigenvalue weighted by atomic mass is 9.88. The number of rotatable bonds is 5. The van der Waals surface area contributed by atoms with Crippen molar-refractivity contribution in [3.8, 4) is 0 Å². The molecule has 1 nitrogen and oxygen atoms in total. The van der Waals surface area contributed by atoms with Crippen LogP contribution in [0.2, 0.25) is 0 Å². The van der Waals surface area contributed by atoms with Gasteiger partial charge >= 0.3 is 0 Å². The predicted molar refractivity (Wildman–Crippen MR) is 88.3 cm³/mol. The molecule has 0 saturated carbocycles. The molecule has 20 heavy (non-hydrogen) atoms. The van der Waals surface area contributed by atoms with Crippen LogP contribution < -0.4 is 5.32 Å². The second kappa shape index (κ2) is 7.26. The Labute approximate surface area is 125 Å². The third-order valence-electron chi connectivity index (χ3n) is 4.73. The van der Waals surface area contributed by atoms with E-state index in [1.165, 1.54) is 38.5 Å². The summed E-state index contributed by atoms with van der Waals surface area (Å²) in [6.07, 6.45) is 7.73. The molecule has 112 valence electrons. The van der Waals surface area contributed by atoms with Gasteiger partial charge in [-0.3, -0.25) is 0 Å². The molecule has 2 rings (SSSR count). The number of aryl methyl sites for hydroxylation is 1. The molecule has 1 aliphatic rings. The summed E-state index contributed by atoms with van der Waals surface area (Å²) in [4.78, 5) is 0. The second-order valence-electron chi connectivity index (χ2n) is 6.59. The van der Waals surface area contributed by atoms with Crippen LogP contribution >= 0.6 is 0 Å². The topological polar surface area (TPSA) is 12.0 Å². The van der Waals surface area contributed by atoms with E-state index in [1.54, 1.807) is 16.7 Å². The van der Waals surface area contributed by atoms with Gasteiger partial charge in [0.1, 0.15) is 0 Å². The highest BCUT2D eigenvalue weighted by Gasteiger charge is 2.20. The molecular weight excluding hydrogens is 242 g/mol. The highest BCUT2D eigenvalue weighted by molar-refractivity contribution is 5.37. The van der Waals surface area contributed by atoms with Gasteiger partial charge in [-0.1, -0.05) is 52.3 Å². The molecule has 0 bridgehead atoms. The van der Waals surface area contributed by atoms with Gasteiger partial charge in [-0.05, 0) is 54.7 Å². The summed E-state index contributed by atoms with van der Waals surface area (Å²) < 4.78 is 0. The number of nitrogens with one attached hydrogen (secondary N) is 1. The van der Waals surface area contributed by atoms with Gasteiger partial charge in [-0.15, -0.1) is 0 Å². The first kappa shape index (κ1) is 15.6. The maximum Gasteiger partial charge on any atom is 0.0325 e. The second-order valence-corrected chi connectivity index (χ2v) is 6.59. The zero-order valence-electron chi connectivity index (χ0n) is 13.7. The minimum absolute atomic E-state index is 0.557. The standard InChI is InChI=1S/C19H31N/c1-5-15(6-2)17-12-11-16-9-7-8-10-19(18(16)13-17)20-14(3)4/h11-15,19-20H,5-10H2,1-4H3. The smallest absolute Gasteiger partial charge is 0.0325 e. The van der Waals surface area contributed by atoms with Crippen molar-refractivity contribution in [1.82, 2.24) is 5.32 Å². The molecule has 0 aliphatic heterocycles. The number of benzene rings is 1. The third-order valence-corrected chi connectivity index (χ3v) is 4.73. The highest BCUT2D eigenvalue weighted by atomic mass is 14.9. The average Bonchev–Trinajstić information content (AvgIpc) is 2.62. The fourth-order valence-electron chi connectivity index (χ4n) is 3.57. The van der Waals surface area contributed by atoms with Gasteiger partial charge in [0.05, 0.1) is 0 Å². The van der Waals surface area contributed by atoms with E-state index in [-0.39, 0.29) is 0 Å². The molecule has 1 unspecified atom stereocenters. The summed E-state index contributed by atoms with van der Waals surface area (Å²) in [6.45, 7) is 9.14. The molecule has 0 aromatic heterocycles. The molecule has 1 heteroatoms. The van der Waals surface area contributed by atoms with E-state index in [9.17, 15) is 0 Å². The fraction of sp³-hybridized carbons (Fsp3) is 0.684. The van der Waals surface area contributed by atoms with Gasteiger partial charge in [0, 0.05) is 12.1 Å². The Balaban J connectivity index is 2.33. The molecule has 1 aromatic carbocycles. The molecule has 1 aliphatic carbocycles. The van der Waals surface area contributed by atoms with E-state index in [4.69, 9.17) is 0 Å². The number of fused-ring (bicyclic) bond motifs is 1. The van der Waals surface area contributed by atoms with Crippen LogP contribution in [0.15, 0.2) is 18.2 Å². The van der Waals surface area contributed by atoms with Crippen molar-refractivity contribution < 1.29 is 0 Å². The van der Waals surface area contributed by atoms with Gasteiger partial charge in [0.2, 0.25) is 0 Å². The van der Waals surface area contributed by atoms with Crippen LogP contribution in [0.25, 0.3) is 0 Å². The van der Waals surface area contributed by atoms with Gasteiger partial charge in [-0.2, -0.15) is 0 Å². The minimum atomic E-state index is 0.557. The highest BCUT2D eigenvalue weighted by Crippen LogP contribution is 2.33. The molecule has 1 aromatic rings. The Morgan fingerprint density at radius 2 is 1.90 bits per heavy atom. The van der Waals surface area contributed by atoms with Gasteiger partial charge in [0.25, 0.3) is 0 Å². The van der Waals surface area contributed by atoms with Crippen molar-refractivity contribution in [2.45, 2.75) is 84.2 Å². The van der Waals surface area contributed by atoms with E-state index in [1.807, 2.05) is 0 Å². The van der Waals surface area contributed by atoms with E-state index >= 15 is 0 Å². The minimum Gasteiger partial charge on any atom is -0.308 e. The molecule has 1 atom stereocenters. The van der Waals surface area contributed by atoms with E-state index in [2.05, 4.69) is 51.2 Å². The van der Waals surface area contributed by atoms with Crippen molar-refractivity contribution in [1.29, 1.82) is 0 Å². The SMILES string of the molecule is CCC(CC)c1ccc2c(c1)C(NC(C)C)CCCC2. The Morgan fingerprint density at radius 1 is 1.15 bits per heavy atom. The summed E-state index contributed by atoms with van der Waals surface area (Å²) in [5, 5.41) is 3.78. The molecule has 0 spiro atoms. The van der Waals surface area contributed by atoms with Crippen LogP contribution in [0.5, 0.6) is 0 Å². The van der Waals surface area contributed by atoms with E-state index in [0.717, 1.165) is 5.92 Å². The number of hydrogen-bond acceptors (Lipinski definition) is 1. The molecule has 0 heterocycles. The maximum atomic E-state index is 3.78. The normalized spacial score (nSPS) is 19.2. The van der Waals surface area contributed by atoms with Gasteiger partial charge in [0.15, 0.2) is 0 Å². The zero-order valence-corrected chi connectivity index (χ0v) is 13.7. The van der Waals surface area contributed by atoms with Crippen LogP contribution in [0.3, 0.4) is 0 Å². The molecular formula is C19H31N. The molecule has 0 radical (unpaired) electrons. The summed E-state index contributed by atoms with van der Waals surface area (Å²) in [5.74, 6) is 0.725. The Bertz CT molecular complexity index is 418. The number of hydrogen-bond donors (Lipinski definition) is 1. The molecule has 0 saturated heterocycles. The van der Waals surface area contributed by atoms with Crippen molar-refractivity contribution in [2.75, 3.05) is 0 Å². The first-order valence-electron chi connectivity index (χ1n) is 8.54. The average molecular weight is 273 g/mol. The van der Waals surface area contributed by atoms with Gasteiger partial charge < -0.3 is 5.32 Å². The lowest BCUT2D eigenvalue weighted by Gasteiger charge is -2.24. The first-order valence-corrected chi connectivity index (χ1v) is 8.54. The van der Waals surface area contributed by atoms with Crippen LogP contribution in [0, 0.1) is 0 Å². The Kier molecular flexibility index (Phi) is 5.65. The van der Waals surface area contributed by atoms with Crippen LogP contribution in [-0.4, -0.2) is 6.04 Å². The largest absolute Gasteiger partial charge is 0.308 e. The van der Waals surface area contributed by atoms with Crippen LogP contribution in [-0.2, 0) is 6.42 Å². The predicted octanol–water partition coefficient (Wildman–Crippen LogP) is 5.36. The molecule has 0 fully saturated rings. The van der Waals surface area contributed by atoms with Crippen molar-refractivity contribution in [3.05, 3.63) is 34.9 Å². The van der Waals surface area contributed by atoms with E-state index < -0.39 is 0 Å². The Hall–Kier alpha value is -0.820. The summed E-state index contributed by atoms with van der Waals surface area (Å²) >= 11 is 0.